The summed E-state index contributed by atoms with van der Waals surface area (Å²) in [6, 6.07) is -2.06. The molecule has 0 aliphatic carbocycles. The van der Waals surface area contributed by atoms with Crippen LogP contribution in [0, 0.1) is 0 Å². The summed E-state index contributed by atoms with van der Waals surface area (Å²) in [7, 11) is 0. The average molecular weight is 301 g/mol. The second-order valence-electron chi connectivity index (χ2n) is 4.90. The fraction of sp³-hybridized carbons (Fsp3) is 0.667. The van der Waals surface area contributed by atoms with E-state index in [4.69, 9.17) is 10.2 Å². The number of rotatable bonds is 5. The Labute approximate surface area is 121 Å². The predicted octanol–water partition coefficient (Wildman–Crippen LogP) is -0.776. The molecule has 1 saturated heterocycles. The van der Waals surface area contributed by atoms with Gasteiger partial charge in [0, 0.05) is 26.1 Å². The van der Waals surface area contributed by atoms with Gasteiger partial charge in [0.1, 0.15) is 6.04 Å². The molecular weight excluding hydrogens is 282 g/mol. The Bertz CT molecular complexity index is 431. The van der Waals surface area contributed by atoms with Gasteiger partial charge in [0.05, 0.1) is 6.42 Å². The molecule has 1 atom stereocenters. The molecule has 0 aromatic heterocycles. The van der Waals surface area contributed by atoms with Crippen molar-refractivity contribution in [1.82, 2.24) is 15.5 Å². The van der Waals surface area contributed by atoms with Gasteiger partial charge in [-0.2, -0.15) is 0 Å². The van der Waals surface area contributed by atoms with Crippen LogP contribution in [0.1, 0.15) is 26.2 Å². The van der Waals surface area contributed by atoms with Crippen LogP contribution in [-0.4, -0.2) is 64.2 Å². The first-order valence-electron chi connectivity index (χ1n) is 6.56. The van der Waals surface area contributed by atoms with E-state index >= 15 is 0 Å². The van der Waals surface area contributed by atoms with Gasteiger partial charge in [-0.25, -0.2) is 9.59 Å². The van der Waals surface area contributed by atoms with Gasteiger partial charge in [-0.3, -0.25) is 9.59 Å². The van der Waals surface area contributed by atoms with Crippen LogP contribution in [0.5, 0.6) is 0 Å². The highest BCUT2D eigenvalue weighted by Gasteiger charge is 2.28. The number of carbonyl (C=O) groups is 4. The summed E-state index contributed by atoms with van der Waals surface area (Å²) in [6.45, 7) is 2.16. The smallest absolute Gasteiger partial charge is 0.326 e. The third kappa shape index (κ3) is 5.67. The number of hydrogen-bond acceptors (Lipinski definition) is 4. The molecule has 0 spiro atoms. The molecule has 21 heavy (non-hydrogen) atoms. The maximum Gasteiger partial charge on any atom is 0.326 e. The number of nitrogens with one attached hydrogen (secondary N) is 2. The molecular formula is C12H19N3O6. The predicted molar refractivity (Wildman–Crippen MR) is 70.6 cm³/mol. The lowest BCUT2D eigenvalue weighted by molar-refractivity contribution is -0.145. The Morgan fingerprint density at radius 2 is 1.76 bits per heavy atom. The summed E-state index contributed by atoms with van der Waals surface area (Å²) in [5.74, 6) is -2.82. The molecule has 1 heterocycles. The van der Waals surface area contributed by atoms with Gasteiger partial charge in [0.25, 0.3) is 0 Å². The minimum absolute atomic E-state index is 0.000778. The molecule has 1 fully saturated rings. The number of amides is 3. The van der Waals surface area contributed by atoms with Crippen LogP contribution in [0.3, 0.4) is 0 Å². The molecule has 4 N–H and O–H groups in total. The van der Waals surface area contributed by atoms with E-state index in [1.54, 1.807) is 0 Å². The van der Waals surface area contributed by atoms with Gasteiger partial charge in [-0.15, -0.1) is 0 Å². The fourth-order valence-electron chi connectivity index (χ4n) is 2.13. The van der Waals surface area contributed by atoms with Crippen LogP contribution < -0.4 is 10.6 Å². The Kier molecular flexibility index (Phi) is 5.94. The maximum atomic E-state index is 11.9. The maximum absolute atomic E-state index is 11.9. The average Bonchev–Trinajstić information content (AvgIpc) is 2.37. The second-order valence-corrected chi connectivity index (χ2v) is 4.90. The molecule has 0 radical (unpaired) electrons. The van der Waals surface area contributed by atoms with E-state index in [0.717, 1.165) is 0 Å². The van der Waals surface area contributed by atoms with Crippen molar-refractivity contribution in [1.29, 1.82) is 0 Å². The van der Waals surface area contributed by atoms with Crippen LogP contribution in [0.15, 0.2) is 0 Å². The third-order valence-electron chi connectivity index (χ3n) is 3.16. The Hall–Kier alpha value is -2.32. The number of hydrogen-bond donors (Lipinski definition) is 4. The van der Waals surface area contributed by atoms with Crippen LogP contribution >= 0.6 is 0 Å². The highest BCUT2D eigenvalue weighted by Crippen LogP contribution is 2.10. The molecule has 0 aromatic rings. The lowest BCUT2D eigenvalue weighted by Gasteiger charge is -2.32. The number of carboxylic acid groups (broad SMARTS) is 2. The molecule has 3 amide bonds. The summed E-state index contributed by atoms with van der Waals surface area (Å²) in [4.78, 5) is 45.7. The van der Waals surface area contributed by atoms with Crippen LogP contribution in [-0.2, 0) is 14.4 Å². The number of aliphatic carboxylic acids is 2. The highest BCUT2D eigenvalue weighted by molar-refractivity contribution is 5.86. The highest BCUT2D eigenvalue weighted by atomic mass is 16.4. The first kappa shape index (κ1) is 16.7. The molecule has 0 aromatic carbocycles. The van der Waals surface area contributed by atoms with Crippen LogP contribution in [0.2, 0.25) is 0 Å². The minimum atomic E-state index is -1.46. The first-order valence-corrected chi connectivity index (χ1v) is 6.56. The zero-order chi connectivity index (χ0) is 16.0. The number of carbonyl (C=O) groups excluding carboxylic acids is 2. The second kappa shape index (κ2) is 7.46. The summed E-state index contributed by atoms with van der Waals surface area (Å²) in [5, 5.41) is 22.4. The van der Waals surface area contributed by atoms with Gasteiger partial charge >= 0.3 is 18.0 Å². The van der Waals surface area contributed by atoms with Gasteiger partial charge < -0.3 is 25.7 Å². The van der Waals surface area contributed by atoms with E-state index in [1.165, 1.54) is 11.8 Å². The van der Waals surface area contributed by atoms with Crippen molar-refractivity contribution in [3.8, 4) is 0 Å². The molecule has 0 bridgehead atoms. The Morgan fingerprint density at radius 1 is 1.19 bits per heavy atom. The molecule has 0 saturated carbocycles. The first-order chi connectivity index (χ1) is 9.79. The van der Waals surface area contributed by atoms with Gasteiger partial charge in [0.15, 0.2) is 0 Å². The zero-order valence-corrected chi connectivity index (χ0v) is 11.7. The van der Waals surface area contributed by atoms with E-state index in [0.29, 0.717) is 25.9 Å². The van der Waals surface area contributed by atoms with Gasteiger partial charge in [-0.1, -0.05) is 0 Å². The van der Waals surface area contributed by atoms with Crippen molar-refractivity contribution in [2.45, 2.75) is 38.3 Å². The summed E-state index contributed by atoms with van der Waals surface area (Å²) >= 11 is 0. The largest absolute Gasteiger partial charge is 0.481 e. The molecule has 9 nitrogen and oxygen atoms in total. The third-order valence-corrected chi connectivity index (χ3v) is 3.16. The van der Waals surface area contributed by atoms with Crippen molar-refractivity contribution in [2.75, 3.05) is 13.1 Å². The van der Waals surface area contributed by atoms with Crippen molar-refractivity contribution < 1.29 is 29.4 Å². The zero-order valence-electron chi connectivity index (χ0n) is 11.7. The van der Waals surface area contributed by atoms with E-state index < -0.39 is 30.4 Å². The number of carboxylic acids is 2. The molecule has 118 valence electrons. The molecule has 1 aliphatic heterocycles. The van der Waals surface area contributed by atoms with E-state index in [9.17, 15) is 19.2 Å². The van der Waals surface area contributed by atoms with Crippen LogP contribution in [0.4, 0.5) is 4.79 Å². The normalized spacial score (nSPS) is 16.9. The van der Waals surface area contributed by atoms with Crippen molar-refractivity contribution in [3.05, 3.63) is 0 Å². The summed E-state index contributed by atoms with van der Waals surface area (Å²) in [6.07, 6.45) is 0.469. The van der Waals surface area contributed by atoms with Crippen molar-refractivity contribution in [2.24, 2.45) is 0 Å². The molecule has 1 rings (SSSR count). The number of piperidine rings is 1. The van der Waals surface area contributed by atoms with Gasteiger partial charge in [0.2, 0.25) is 5.91 Å². The summed E-state index contributed by atoms with van der Waals surface area (Å²) in [5.41, 5.74) is 0. The lowest BCUT2D eigenvalue weighted by Crippen LogP contribution is -2.53. The van der Waals surface area contributed by atoms with E-state index in [2.05, 4.69) is 10.6 Å². The van der Waals surface area contributed by atoms with Crippen LogP contribution in [0.25, 0.3) is 0 Å². The number of urea groups is 1. The van der Waals surface area contributed by atoms with E-state index in [-0.39, 0.29) is 11.9 Å². The fourth-order valence-corrected chi connectivity index (χ4v) is 2.13. The topological polar surface area (TPSA) is 136 Å². The minimum Gasteiger partial charge on any atom is -0.481 e. The molecule has 9 heteroatoms. The van der Waals surface area contributed by atoms with Crippen molar-refractivity contribution >= 4 is 23.9 Å². The quantitative estimate of drug-likeness (QED) is 0.526. The molecule has 0 unspecified atom stereocenters. The number of likely N-dealkylation sites (tertiary alicyclic amines) is 1. The monoisotopic (exact) mass is 301 g/mol. The molecule has 1 aliphatic rings. The summed E-state index contributed by atoms with van der Waals surface area (Å²) < 4.78 is 0. The standard InChI is InChI=1S/C12H19N3O6/c1-7(16)13-8-2-4-15(5-3-8)12(21)14-9(11(19)20)6-10(17)18/h8-9H,2-6H2,1H3,(H,13,16)(H,14,21)(H,17,18)(H,19,20)/t9-/m0/s1. The lowest BCUT2D eigenvalue weighted by atomic mass is 10.1. The Morgan fingerprint density at radius 3 is 2.19 bits per heavy atom. The Balaban J connectivity index is 2.47. The number of nitrogens with zero attached hydrogens (tertiary/aromatic N) is 1. The SMILES string of the molecule is CC(=O)NC1CCN(C(=O)N[C@@H](CC(=O)O)C(=O)O)CC1. The van der Waals surface area contributed by atoms with Crippen molar-refractivity contribution in [3.63, 3.8) is 0 Å². The van der Waals surface area contributed by atoms with E-state index in [1.807, 2.05) is 0 Å². The van der Waals surface area contributed by atoms with Gasteiger partial charge in [-0.05, 0) is 12.8 Å².